The highest BCUT2D eigenvalue weighted by Gasteiger charge is 2.17. The topological polar surface area (TPSA) is 269 Å². The van der Waals surface area contributed by atoms with Crippen LogP contribution in [0.2, 0.25) is 5.28 Å². The quantitative estimate of drug-likeness (QED) is 0.0953. The van der Waals surface area contributed by atoms with E-state index in [0.717, 1.165) is 6.07 Å². The molecule has 1 heterocycles. The fourth-order valence-corrected chi connectivity index (χ4v) is 5.81. The maximum atomic E-state index is 12.4. The largest absolute Gasteiger partial charge is 0.397 e. The molecule has 22 heteroatoms. The van der Waals surface area contributed by atoms with Crippen LogP contribution in [-0.4, -0.2) is 67.6 Å². The van der Waals surface area contributed by atoms with E-state index in [1.54, 1.807) is 6.07 Å². The first-order valence-corrected chi connectivity index (χ1v) is 17.6. The molecule has 0 atom stereocenters. The Balaban J connectivity index is 1.50. The van der Waals surface area contributed by atoms with Crippen molar-refractivity contribution in [1.82, 2.24) is 15.0 Å². The zero-order valence-corrected chi connectivity index (χ0v) is 27.0. The lowest BCUT2D eigenvalue weighted by atomic mass is 10.2. The molecule has 0 fully saturated rings. The van der Waals surface area contributed by atoms with Crippen molar-refractivity contribution in [2.45, 2.75) is 16.7 Å². The number of rotatable bonds is 13. The van der Waals surface area contributed by atoms with E-state index in [2.05, 4.69) is 45.3 Å². The number of sulfone groups is 1. The second-order valence-electron chi connectivity index (χ2n) is 9.18. The molecule has 248 valence electrons. The van der Waals surface area contributed by atoms with Gasteiger partial charge in [0.2, 0.25) is 23.1 Å². The zero-order valence-electron chi connectivity index (χ0n) is 23.8. The van der Waals surface area contributed by atoms with Gasteiger partial charge in [-0.3, -0.25) is 13.9 Å². The first-order valence-electron chi connectivity index (χ1n) is 12.8. The first-order chi connectivity index (χ1) is 22.0. The Kier molecular flexibility index (Phi) is 10.8. The number of carbonyl (C=O) groups excluding carboxylic acids is 1. The van der Waals surface area contributed by atoms with Gasteiger partial charge in [-0.25, -0.2) is 12.6 Å². The molecule has 47 heavy (non-hydrogen) atoms. The van der Waals surface area contributed by atoms with Crippen molar-refractivity contribution in [3.8, 4) is 0 Å². The number of azo groups is 1. The SMILES string of the molecule is CC(=O)Nc1cc(Nc2nc(Cl)nc(Nc3ccc(S(=O)(=O)CCOS(=O)(=O)O)cc3)n2)ccc1N=Nc1cccc(S(=O)(=O)O)c1. The fourth-order valence-electron chi connectivity index (χ4n) is 3.64. The van der Waals surface area contributed by atoms with Crippen LogP contribution in [0.3, 0.4) is 0 Å². The Morgan fingerprint density at radius 3 is 2.09 bits per heavy atom. The molecule has 0 aliphatic carbocycles. The smallest absolute Gasteiger partial charge is 0.324 e. The Labute approximate surface area is 272 Å². The van der Waals surface area contributed by atoms with E-state index >= 15 is 0 Å². The molecule has 4 aromatic rings. The van der Waals surface area contributed by atoms with Crippen LogP contribution >= 0.6 is 11.6 Å². The van der Waals surface area contributed by atoms with Gasteiger partial charge in [0.1, 0.15) is 5.69 Å². The lowest BCUT2D eigenvalue weighted by Crippen LogP contribution is -2.15. The van der Waals surface area contributed by atoms with Gasteiger partial charge in [0.05, 0.1) is 33.5 Å². The molecule has 0 saturated carbocycles. The van der Waals surface area contributed by atoms with Crippen molar-refractivity contribution < 1.29 is 43.3 Å². The van der Waals surface area contributed by atoms with Crippen LogP contribution in [0.15, 0.2) is 86.7 Å². The van der Waals surface area contributed by atoms with Gasteiger partial charge < -0.3 is 16.0 Å². The number of benzene rings is 3. The minimum Gasteiger partial charge on any atom is -0.324 e. The number of halogens is 1. The lowest BCUT2D eigenvalue weighted by Gasteiger charge is -2.11. The van der Waals surface area contributed by atoms with Crippen molar-refractivity contribution in [2.75, 3.05) is 28.3 Å². The summed E-state index contributed by atoms with van der Waals surface area (Å²) >= 11 is 6.08. The molecule has 18 nitrogen and oxygen atoms in total. The highest BCUT2D eigenvalue weighted by Crippen LogP contribution is 2.32. The third kappa shape index (κ3) is 10.7. The van der Waals surface area contributed by atoms with Crippen molar-refractivity contribution in [2.24, 2.45) is 10.2 Å². The van der Waals surface area contributed by atoms with E-state index in [9.17, 15) is 34.6 Å². The monoisotopic (exact) mass is 726 g/mol. The van der Waals surface area contributed by atoms with Gasteiger partial charge in [-0.05, 0) is 72.3 Å². The van der Waals surface area contributed by atoms with Crippen LogP contribution in [0.4, 0.5) is 40.3 Å². The lowest BCUT2D eigenvalue weighted by molar-refractivity contribution is -0.114. The number of hydrogen-bond donors (Lipinski definition) is 5. The summed E-state index contributed by atoms with van der Waals surface area (Å²) in [6, 6.07) is 15.0. The molecule has 4 rings (SSSR count). The second kappa shape index (κ2) is 14.4. The number of anilines is 5. The van der Waals surface area contributed by atoms with Gasteiger partial charge in [0, 0.05) is 18.3 Å². The number of nitrogens with one attached hydrogen (secondary N) is 3. The van der Waals surface area contributed by atoms with E-state index in [1.165, 1.54) is 61.5 Å². The van der Waals surface area contributed by atoms with Crippen molar-refractivity contribution in [1.29, 1.82) is 0 Å². The van der Waals surface area contributed by atoms with Crippen LogP contribution in [-0.2, 0) is 39.3 Å². The van der Waals surface area contributed by atoms with Crippen LogP contribution in [0.5, 0.6) is 0 Å². The first kappa shape index (κ1) is 35.2. The second-order valence-corrected chi connectivity index (χ2v) is 14.1. The molecule has 0 bridgehead atoms. The van der Waals surface area contributed by atoms with E-state index in [1.807, 2.05) is 0 Å². The maximum Gasteiger partial charge on any atom is 0.397 e. The van der Waals surface area contributed by atoms with Crippen LogP contribution in [0.25, 0.3) is 0 Å². The van der Waals surface area contributed by atoms with Crippen molar-refractivity contribution in [3.05, 3.63) is 72.0 Å². The van der Waals surface area contributed by atoms with E-state index < -0.39 is 48.6 Å². The molecule has 3 aromatic carbocycles. The van der Waals surface area contributed by atoms with Gasteiger partial charge in [0.25, 0.3) is 10.1 Å². The number of nitrogens with zero attached hydrogens (tertiary/aromatic N) is 5. The summed E-state index contributed by atoms with van der Waals surface area (Å²) in [5.41, 5.74) is 1.28. The summed E-state index contributed by atoms with van der Waals surface area (Å²) in [6.45, 7) is 0.508. The molecule has 0 spiro atoms. The molecule has 0 aliphatic heterocycles. The van der Waals surface area contributed by atoms with E-state index in [4.69, 9.17) is 16.2 Å². The molecule has 1 aromatic heterocycles. The molecule has 0 radical (unpaired) electrons. The molecule has 0 unspecified atom stereocenters. The molecular weight excluding hydrogens is 704 g/mol. The Bertz CT molecular complexity index is 2170. The third-order valence-electron chi connectivity index (χ3n) is 5.61. The maximum absolute atomic E-state index is 12.4. The Morgan fingerprint density at radius 2 is 1.47 bits per heavy atom. The predicted molar refractivity (Wildman–Crippen MR) is 169 cm³/mol. The summed E-state index contributed by atoms with van der Waals surface area (Å²) in [5, 5.41) is 16.2. The Morgan fingerprint density at radius 1 is 0.830 bits per heavy atom. The summed E-state index contributed by atoms with van der Waals surface area (Å²) in [6.07, 6.45) is 0. The summed E-state index contributed by atoms with van der Waals surface area (Å²) in [7, 11) is -13.2. The van der Waals surface area contributed by atoms with Gasteiger partial charge in [-0.15, -0.1) is 5.11 Å². The molecule has 5 N–H and O–H groups in total. The minimum atomic E-state index is -4.78. The predicted octanol–water partition coefficient (Wildman–Crippen LogP) is 4.23. The third-order valence-corrected chi connectivity index (χ3v) is 8.79. The van der Waals surface area contributed by atoms with Gasteiger partial charge in [0.15, 0.2) is 9.84 Å². The highest BCUT2D eigenvalue weighted by molar-refractivity contribution is 7.91. The molecule has 0 saturated heterocycles. The number of aromatic nitrogens is 3. The summed E-state index contributed by atoms with van der Waals surface area (Å²) in [5.74, 6) is -1.16. The number of hydrogen-bond acceptors (Lipinski definition) is 15. The molecule has 0 aliphatic rings. The zero-order chi connectivity index (χ0) is 34.4. The number of carbonyl (C=O) groups is 1. The highest BCUT2D eigenvalue weighted by atomic mass is 35.5. The molecule has 1 amide bonds. The van der Waals surface area contributed by atoms with Crippen LogP contribution in [0, 0.1) is 0 Å². The normalized spacial score (nSPS) is 12.2. The average Bonchev–Trinajstić information content (AvgIpc) is 2.95. The van der Waals surface area contributed by atoms with E-state index in [-0.39, 0.29) is 44.0 Å². The van der Waals surface area contributed by atoms with Gasteiger partial charge in [-0.2, -0.15) is 36.9 Å². The standard InChI is InChI=1S/C25H23ClN8O10S3/c1-15(35)27-22-14-17(7-10-21(22)34-33-18-3-2-4-20(13-18)46(38,39)40)29-25-31-23(26)30-24(32-25)28-16-5-8-19(9-6-16)45(36,37)12-11-44-47(41,42)43/h2-10,13-14H,11-12H2,1H3,(H,27,35)(H,38,39,40)(H,41,42,43)(H2,28,29,30,31,32). The van der Waals surface area contributed by atoms with Crippen LogP contribution < -0.4 is 16.0 Å². The minimum absolute atomic E-state index is 0.0179. The van der Waals surface area contributed by atoms with Gasteiger partial charge in [-0.1, -0.05) is 6.07 Å². The fraction of sp³-hybridized carbons (Fsp3) is 0.120. The van der Waals surface area contributed by atoms with E-state index in [0.29, 0.717) is 11.4 Å². The van der Waals surface area contributed by atoms with Gasteiger partial charge >= 0.3 is 10.4 Å². The summed E-state index contributed by atoms with van der Waals surface area (Å²) < 4.78 is 90.8. The Hall–Kier alpha value is -4.64. The van der Waals surface area contributed by atoms with Crippen molar-refractivity contribution in [3.63, 3.8) is 0 Å². The summed E-state index contributed by atoms with van der Waals surface area (Å²) in [4.78, 5) is 23.6. The molecular formula is C25H23ClN8O10S3. The average molecular weight is 727 g/mol. The van der Waals surface area contributed by atoms with Crippen LogP contribution in [0.1, 0.15) is 6.92 Å². The van der Waals surface area contributed by atoms with Crippen molar-refractivity contribution >= 4 is 88.2 Å². The number of amides is 1.